The van der Waals surface area contributed by atoms with E-state index in [1.54, 1.807) is 24.3 Å². The van der Waals surface area contributed by atoms with Crippen LogP contribution in [0.2, 0.25) is 5.02 Å². The molecule has 5 nitrogen and oxygen atoms in total. The first-order valence-electron chi connectivity index (χ1n) is 10.8. The molecule has 0 unspecified atom stereocenters. The SMILES string of the molecule is CN(C)c1cc(NC2(CNC(=O)c3cccc(Cl)c3)CCCCC2)nc2ccccc12. The monoisotopic (exact) mass is 436 g/mol. The summed E-state index contributed by atoms with van der Waals surface area (Å²) < 4.78 is 0. The number of anilines is 2. The van der Waals surface area contributed by atoms with Crippen LogP contribution in [0.5, 0.6) is 0 Å². The first kappa shape index (κ1) is 21.4. The van der Waals surface area contributed by atoms with Crippen LogP contribution in [0.4, 0.5) is 11.5 Å². The highest BCUT2D eigenvalue weighted by atomic mass is 35.5. The second-order valence-electron chi connectivity index (χ2n) is 8.60. The maximum absolute atomic E-state index is 12.7. The van der Waals surface area contributed by atoms with E-state index >= 15 is 0 Å². The fourth-order valence-corrected chi connectivity index (χ4v) is 4.61. The van der Waals surface area contributed by atoms with Crippen LogP contribution >= 0.6 is 11.6 Å². The lowest BCUT2D eigenvalue weighted by Crippen LogP contribution is -2.50. The average Bonchev–Trinajstić information content (AvgIpc) is 2.77. The highest BCUT2D eigenvalue weighted by molar-refractivity contribution is 6.30. The number of nitrogens with zero attached hydrogens (tertiary/aromatic N) is 2. The van der Waals surface area contributed by atoms with Gasteiger partial charge in [0.2, 0.25) is 0 Å². The molecule has 0 atom stereocenters. The summed E-state index contributed by atoms with van der Waals surface area (Å²) in [5.74, 6) is 0.746. The molecule has 0 bridgehead atoms. The van der Waals surface area contributed by atoms with E-state index in [1.165, 1.54) is 6.42 Å². The van der Waals surface area contributed by atoms with Gasteiger partial charge in [-0.15, -0.1) is 0 Å². The molecule has 2 N–H and O–H groups in total. The molecule has 4 rings (SSSR count). The molecule has 162 valence electrons. The third-order valence-corrected chi connectivity index (χ3v) is 6.29. The Morgan fingerprint density at radius 2 is 1.84 bits per heavy atom. The van der Waals surface area contributed by atoms with Crippen molar-refractivity contribution in [2.45, 2.75) is 37.6 Å². The van der Waals surface area contributed by atoms with E-state index in [2.05, 4.69) is 27.7 Å². The molecule has 1 aliphatic rings. The minimum atomic E-state index is -0.217. The Bertz CT molecular complexity index is 1080. The standard InChI is InChI=1S/C25H29ClN4O/c1-30(2)22-16-23(28-21-12-5-4-11-20(21)22)29-25(13-6-3-7-14-25)17-27-24(31)18-9-8-10-19(26)15-18/h4-5,8-12,15-16H,3,6-7,13-14,17H2,1-2H3,(H,27,31)(H,28,29). The molecule has 1 fully saturated rings. The lowest BCUT2D eigenvalue weighted by molar-refractivity contribution is 0.0941. The third-order valence-electron chi connectivity index (χ3n) is 6.05. The summed E-state index contributed by atoms with van der Waals surface area (Å²) in [5.41, 5.74) is 2.45. The number of amides is 1. The zero-order valence-electron chi connectivity index (χ0n) is 18.1. The topological polar surface area (TPSA) is 57.3 Å². The highest BCUT2D eigenvalue weighted by Crippen LogP contribution is 2.34. The number of rotatable bonds is 6. The second-order valence-corrected chi connectivity index (χ2v) is 9.03. The number of hydrogen-bond donors (Lipinski definition) is 2. The Kier molecular flexibility index (Phi) is 6.33. The van der Waals surface area contributed by atoms with Crippen LogP contribution < -0.4 is 15.5 Å². The van der Waals surface area contributed by atoms with Crippen molar-refractivity contribution in [1.29, 1.82) is 0 Å². The van der Waals surface area contributed by atoms with Crippen LogP contribution in [0.15, 0.2) is 54.6 Å². The minimum absolute atomic E-state index is 0.102. The predicted octanol–water partition coefficient (Wildman–Crippen LogP) is 5.50. The quantitative estimate of drug-likeness (QED) is 0.535. The first-order chi connectivity index (χ1) is 15.0. The summed E-state index contributed by atoms with van der Waals surface area (Å²) in [6, 6.07) is 17.4. The molecule has 31 heavy (non-hydrogen) atoms. The Balaban J connectivity index is 1.59. The van der Waals surface area contributed by atoms with E-state index in [0.717, 1.165) is 48.1 Å². The molecule has 0 saturated heterocycles. The smallest absolute Gasteiger partial charge is 0.251 e. The second kappa shape index (κ2) is 9.15. The van der Waals surface area contributed by atoms with Gasteiger partial charge in [0.05, 0.1) is 11.1 Å². The largest absolute Gasteiger partial charge is 0.377 e. The number of hydrogen-bond acceptors (Lipinski definition) is 4. The number of fused-ring (bicyclic) bond motifs is 1. The van der Waals surface area contributed by atoms with Crippen molar-refractivity contribution < 1.29 is 4.79 Å². The molecule has 0 spiro atoms. The molecular weight excluding hydrogens is 408 g/mol. The molecule has 1 amide bonds. The van der Waals surface area contributed by atoms with Crippen LogP contribution in [-0.2, 0) is 0 Å². The van der Waals surface area contributed by atoms with Gasteiger partial charge in [0.25, 0.3) is 5.91 Å². The lowest BCUT2D eigenvalue weighted by atomic mass is 9.81. The van der Waals surface area contributed by atoms with Crippen molar-refractivity contribution in [3.63, 3.8) is 0 Å². The van der Waals surface area contributed by atoms with Gasteiger partial charge in [0.1, 0.15) is 5.82 Å². The molecule has 1 aliphatic carbocycles. The Labute approximate surface area is 188 Å². The molecule has 6 heteroatoms. The summed E-state index contributed by atoms with van der Waals surface area (Å²) in [6.07, 6.45) is 5.48. The van der Waals surface area contributed by atoms with Crippen LogP contribution in [0.25, 0.3) is 10.9 Å². The summed E-state index contributed by atoms with van der Waals surface area (Å²) in [4.78, 5) is 19.7. The van der Waals surface area contributed by atoms with Gasteiger partial charge in [0, 0.05) is 48.4 Å². The number of halogens is 1. The van der Waals surface area contributed by atoms with Crippen LogP contribution in [0.1, 0.15) is 42.5 Å². The van der Waals surface area contributed by atoms with Gasteiger partial charge in [-0.3, -0.25) is 4.79 Å². The van der Waals surface area contributed by atoms with Gasteiger partial charge < -0.3 is 15.5 Å². The summed E-state index contributed by atoms with van der Waals surface area (Å²) in [7, 11) is 4.10. The Morgan fingerprint density at radius 3 is 2.58 bits per heavy atom. The number of para-hydroxylation sites is 1. The number of carbonyl (C=O) groups excluding carboxylic acids is 1. The molecule has 1 saturated carbocycles. The van der Waals surface area contributed by atoms with Crippen molar-refractivity contribution >= 4 is 39.9 Å². The molecule has 0 radical (unpaired) electrons. The fourth-order valence-electron chi connectivity index (χ4n) is 4.42. The zero-order valence-corrected chi connectivity index (χ0v) is 18.9. The van der Waals surface area contributed by atoms with Gasteiger partial charge in [-0.25, -0.2) is 4.98 Å². The first-order valence-corrected chi connectivity index (χ1v) is 11.2. The molecule has 0 aliphatic heterocycles. The van der Waals surface area contributed by atoms with Crippen molar-refractivity contribution in [3.8, 4) is 0 Å². The van der Waals surface area contributed by atoms with Gasteiger partial charge in [-0.05, 0) is 37.1 Å². The number of carbonyl (C=O) groups is 1. The van der Waals surface area contributed by atoms with Crippen molar-refractivity contribution in [1.82, 2.24) is 10.3 Å². The number of benzene rings is 2. The van der Waals surface area contributed by atoms with E-state index in [-0.39, 0.29) is 11.4 Å². The molecule has 3 aromatic rings. The van der Waals surface area contributed by atoms with Crippen molar-refractivity contribution in [2.24, 2.45) is 0 Å². The normalized spacial score (nSPS) is 15.5. The van der Waals surface area contributed by atoms with Crippen molar-refractivity contribution in [3.05, 3.63) is 65.2 Å². The Morgan fingerprint density at radius 1 is 1.06 bits per heavy atom. The number of aromatic nitrogens is 1. The third kappa shape index (κ3) is 4.93. The van der Waals surface area contributed by atoms with E-state index in [0.29, 0.717) is 17.1 Å². The summed E-state index contributed by atoms with van der Waals surface area (Å²) >= 11 is 6.06. The van der Waals surface area contributed by atoms with E-state index in [9.17, 15) is 4.79 Å². The van der Waals surface area contributed by atoms with Crippen LogP contribution in [-0.4, -0.2) is 37.1 Å². The van der Waals surface area contributed by atoms with Crippen LogP contribution in [0.3, 0.4) is 0 Å². The number of pyridine rings is 1. The lowest BCUT2D eigenvalue weighted by Gasteiger charge is -2.39. The molecule has 2 aromatic carbocycles. The van der Waals surface area contributed by atoms with Gasteiger partial charge >= 0.3 is 0 Å². The summed E-state index contributed by atoms with van der Waals surface area (Å²) in [5, 5.41) is 8.55. The van der Waals surface area contributed by atoms with Crippen LogP contribution in [0, 0.1) is 0 Å². The van der Waals surface area contributed by atoms with E-state index in [4.69, 9.17) is 16.6 Å². The predicted molar refractivity (Wildman–Crippen MR) is 129 cm³/mol. The molecular formula is C25H29ClN4O. The van der Waals surface area contributed by atoms with Gasteiger partial charge in [0.15, 0.2) is 0 Å². The fraction of sp³-hybridized carbons (Fsp3) is 0.360. The molecule has 1 aromatic heterocycles. The highest BCUT2D eigenvalue weighted by Gasteiger charge is 2.33. The van der Waals surface area contributed by atoms with E-state index in [1.807, 2.05) is 32.3 Å². The maximum atomic E-state index is 12.7. The van der Waals surface area contributed by atoms with Gasteiger partial charge in [-0.2, -0.15) is 0 Å². The van der Waals surface area contributed by atoms with Crippen molar-refractivity contribution in [2.75, 3.05) is 30.9 Å². The Hall–Kier alpha value is -2.79. The number of nitrogens with one attached hydrogen (secondary N) is 2. The minimum Gasteiger partial charge on any atom is -0.377 e. The average molecular weight is 437 g/mol. The summed E-state index contributed by atoms with van der Waals surface area (Å²) in [6.45, 7) is 0.546. The maximum Gasteiger partial charge on any atom is 0.251 e. The van der Waals surface area contributed by atoms with Gasteiger partial charge in [-0.1, -0.05) is 55.1 Å². The molecule has 1 heterocycles. The van der Waals surface area contributed by atoms with E-state index < -0.39 is 0 Å². The zero-order chi connectivity index (χ0) is 21.8.